The third-order valence-electron chi connectivity index (χ3n) is 3.52. The second-order valence-corrected chi connectivity index (χ2v) is 5.12. The Hall–Kier alpha value is -1.10. The molecule has 0 radical (unpaired) electrons. The molecular formula is C13H24N2O3. The van der Waals surface area contributed by atoms with Crippen LogP contribution in [0.3, 0.4) is 0 Å². The number of rotatable bonds is 6. The summed E-state index contributed by atoms with van der Waals surface area (Å²) < 4.78 is 0. The molecule has 1 atom stereocenters. The molecule has 18 heavy (non-hydrogen) atoms. The Kier molecular flexibility index (Phi) is 6.12. The van der Waals surface area contributed by atoms with Crippen molar-refractivity contribution in [2.75, 3.05) is 19.6 Å². The lowest BCUT2D eigenvalue weighted by Crippen LogP contribution is -2.49. The van der Waals surface area contributed by atoms with E-state index in [4.69, 9.17) is 5.11 Å². The van der Waals surface area contributed by atoms with Crippen LogP contribution in [0.2, 0.25) is 0 Å². The molecule has 5 nitrogen and oxygen atoms in total. The van der Waals surface area contributed by atoms with Gasteiger partial charge in [0, 0.05) is 13.5 Å². The number of hydrogen-bond acceptors (Lipinski definition) is 3. The lowest BCUT2D eigenvalue weighted by atomic mass is 9.92. The van der Waals surface area contributed by atoms with Crippen molar-refractivity contribution >= 4 is 11.9 Å². The molecule has 1 amide bonds. The first-order valence-electron chi connectivity index (χ1n) is 6.75. The molecule has 1 unspecified atom stereocenters. The fourth-order valence-electron chi connectivity index (χ4n) is 2.55. The lowest BCUT2D eigenvalue weighted by Gasteiger charge is -2.33. The Morgan fingerprint density at radius 1 is 1.39 bits per heavy atom. The van der Waals surface area contributed by atoms with Gasteiger partial charge >= 0.3 is 5.97 Å². The van der Waals surface area contributed by atoms with E-state index in [1.807, 2.05) is 0 Å². The van der Waals surface area contributed by atoms with Gasteiger partial charge < -0.3 is 15.3 Å². The van der Waals surface area contributed by atoms with Crippen molar-refractivity contribution in [1.82, 2.24) is 10.2 Å². The van der Waals surface area contributed by atoms with Crippen LogP contribution in [0.5, 0.6) is 0 Å². The third-order valence-corrected chi connectivity index (χ3v) is 3.52. The molecule has 1 aliphatic heterocycles. The van der Waals surface area contributed by atoms with E-state index in [-0.39, 0.29) is 5.91 Å². The smallest absolute Gasteiger partial charge is 0.327 e. The number of amides is 1. The van der Waals surface area contributed by atoms with Gasteiger partial charge in [-0.05, 0) is 31.8 Å². The molecule has 0 aromatic carbocycles. The molecule has 1 aliphatic rings. The van der Waals surface area contributed by atoms with Gasteiger partial charge in [-0.25, -0.2) is 4.79 Å². The lowest BCUT2D eigenvalue weighted by molar-refractivity contribution is -0.142. The number of aliphatic carboxylic acids is 1. The van der Waals surface area contributed by atoms with E-state index in [0.717, 1.165) is 31.8 Å². The van der Waals surface area contributed by atoms with Crippen molar-refractivity contribution in [3.8, 4) is 0 Å². The predicted octanol–water partition coefficient (Wildman–Crippen LogP) is 1.09. The molecule has 1 rings (SSSR count). The Morgan fingerprint density at radius 3 is 2.44 bits per heavy atom. The molecule has 0 bridgehead atoms. The third kappa shape index (κ3) is 5.04. The molecule has 0 aromatic heterocycles. The maximum absolute atomic E-state index is 11.0. The number of carbonyl (C=O) groups is 2. The van der Waals surface area contributed by atoms with Crippen LogP contribution in [0.1, 0.15) is 39.5 Å². The van der Waals surface area contributed by atoms with Crippen molar-refractivity contribution in [3.05, 3.63) is 0 Å². The van der Waals surface area contributed by atoms with Gasteiger partial charge in [-0.2, -0.15) is 0 Å². The molecule has 0 saturated carbocycles. The molecule has 1 fully saturated rings. The summed E-state index contributed by atoms with van der Waals surface area (Å²) in [6, 6.07) is -0.787. The van der Waals surface area contributed by atoms with Crippen LogP contribution in [0.4, 0.5) is 0 Å². The van der Waals surface area contributed by atoms with E-state index in [9.17, 15) is 9.59 Å². The van der Waals surface area contributed by atoms with Crippen LogP contribution in [-0.2, 0) is 9.59 Å². The average Bonchev–Trinajstić information content (AvgIpc) is 2.30. The second kappa shape index (κ2) is 7.36. The summed E-state index contributed by atoms with van der Waals surface area (Å²) in [5.41, 5.74) is 0. The number of likely N-dealkylation sites (tertiary alicyclic amines) is 1. The quantitative estimate of drug-likeness (QED) is 0.746. The SMILES string of the molecule is CCCC1CCN(CC(NC(C)=O)C(=O)O)CC1. The second-order valence-electron chi connectivity index (χ2n) is 5.12. The molecule has 1 heterocycles. The molecule has 2 N–H and O–H groups in total. The summed E-state index contributed by atoms with van der Waals surface area (Å²) in [6.45, 7) is 5.84. The summed E-state index contributed by atoms with van der Waals surface area (Å²) in [5, 5.41) is 11.5. The maximum atomic E-state index is 11.0. The average molecular weight is 256 g/mol. The number of carboxylic acid groups (broad SMARTS) is 1. The summed E-state index contributed by atoms with van der Waals surface area (Å²) in [5.74, 6) is -0.459. The number of nitrogens with one attached hydrogen (secondary N) is 1. The first kappa shape index (κ1) is 15.0. The normalized spacial score (nSPS) is 19.4. The van der Waals surface area contributed by atoms with Gasteiger partial charge in [0.2, 0.25) is 5.91 Å². The largest absolute Gasteiger partial charge is 0.480 e. The summed E-state index contributed by atoms with van der Waals surface area (Å²) >= 11 is 0. The molecular weight excluding hydrogens is 232 g/mol. The van der Waals surface area contributed by atoms with Crippen molar-refractivity contribution in [2.24, 2.45) is 5.92 Å². The zero-order valence-electron chi connectivity index (χ0n) is 11.3. The van der Waals surface area contributed by atoms with Gasteiger partial charge in [0.25, 0.3) is 0 Å². The highest BCUT2D eigenvalue weighted by Gasteiger charge is 2.25. The number of hydrogen-bond donors (Lipinski definition) is 2. The highest BCUT2D eigenvalue weighted by molar-refractivity contribution is 5.82. The van der Waals surface area contributed by atoms with Crippen LogP contribution in [-0.4, -0.2) is 47.6 Å². The van der Waals surface area contributed by atoms with Gasteiger partial charge in [-0.3, -0.25) is 4.79 Å². The van der Waals surface area contributed by atoms with E-state index >= 15 is 0 Å². The Morgan fingerprint density at radius 2 is 2.00 bits per heavy atom. The van der Waals surface area contributed by atoms with E-state index in [1.54, 1.807) is 0 Å². The van der Waals surface area contributed by atoms with Crippen LogP contribution in [0.25, 0.3) is 0 Å². The van der Waals surface area contributed by atoms with Crippen molar-refractivity contribution in [1.29, 1.82) is 0 Å². The minimum Gasteiger partial charge on any atom is -0.480 e. The first-order valence-corrected chi connectivity index (χ1v) is 6.75. The summed E-state index contributed by atoms with van der Waals surface area (Å²) in [6.07, 6.45) is 4.76. The standard InChI is InChI=1S/C13H24N2O3/c1-3-4-11-5-7-15(8-6-11)9-12(13(17)18)14-10(2)16/h11-12H,3-9H2,1-2H3,(H,14,16)(H,17,18). The zero-order chi connectivity index (χ0) is 13.5. The fourth-order valence-corrected chi connectivity index (χ4v) is 2.55. The number of nitrogens with zero attached hydrogens (tertiary/aromatic N) is 1. The Labute approximate surface area is 109 Å². The minimum absolute atomic E-state index is 0.289. The molecule has 0 aromatic rings. The molecule has 0 spiro atoms. The van der Waals surface area contributed by atoms with Crippen LogP contribution >= 0.6 is 0 Å². The minimum atomic E-state index is -0.958. The highest BCUT2D eigenvalue weighted by atomic mass is 16.4. The van der Waals surface area contributed by atoms with Crippen LogP contribution in [0, 0.1) is 5.92 Å². The van der Waals surface area contributed by atoms with E-state index in [2.05, 4.69) is 17.1 Å². The highest BCUT2D eigenvalue weighted by Crippen LogP contribution is 2.21. The van der Waals surface area contributed by atoms with E-state index in [1.165, 1.54) is 19.8 Å². The van der Waals surface area contributed by atoms with Gasteiger partial charge in [-0.1, -0.05) is 19.8 Å². The monoisotopic (exact) mass is 256 g/mol. The van der Waals surface area contributed by atoms with Crippen molar-refractivity contribution < 1.29 is 14.7 Å². The van der Waals surface area contributed by atoms with Gasteiger partial charge in [0.1, 0.15) is 6.04 Å². The van der Waals surface area contributed by atoms with Gasteiger partial charge in [-0.15, -0.1) is 0 Å². The summed E-state index contributed by atoms with van der Waals surface area (Å²) in [4.78, 5) is 24.1. The number of piperidine rings is 1. The first-order chi connectivity index (χ1) is 8.52. The Balaban J connectivity index is 2.37. The van der Waals surface area contributed by atoms with E-state index < -0.39 is 12.0 Å². The predicted molar refractivity (Wildman–Crippen MR) is 69.3 cm³/mol. The molecule has 0 aliphatic carbocycles. The van der Waals surface area contributed by atoms with Crippen molar-refractivity contribution in [3.63, 3.8) is 0 Å². The summed E-state index contributed by atoms with van der Waals surface area (Å²) in [7, 11) is 0. The van der Waals surface area contributed by atoms with Gasteiger partial charge in [0.05, 0.1) is 0 Å². The molecule has 1 saturated heterocycles. The maximum Gasteiger partial charge on any atom is 0.327 e. The van der Waals surface area contributed by atoms with Gasteiger partial charge in [0.15, 0.2) is 0 Å². The molecule has 5 heteroatoms. The topological polar surface area (TPSA) is 69.6 Å². The number of carbonyl (C=O) groups excluding carboxylic acids is 1. The van der Waals surface area contributed by atoms with Crippen LogP contribution in [0.15, 0.2) is 0 Å². The fraction of sp³-hybridized carbons (Fsp3) is 0.846. The van der Waals surface area contributed by atoms with E-state index in [0.29, 0.717) is 6.54 Å². The molecule has 104 valence electrons. The number of carboxylic acids is 1. The zero-order valence-corrected chi connectivity index (χ0v) is 11.3. The Bertz CT molecular complexity index is 286. The van der Waals surface area contributed by atoms with Crippen molar-refractivity contribution in [2.45, 2.75) is 45.6 Å². The van der Waals surface area contributed by atoms with Crippen LogP contribution < -0.4 is 5.32 Å².